The van der Waals surface area contributed by atoms with E-state index < -0.39 is 0 Å². The molecule has 0 aliphatic rings. The molecule has 0 aromatic carbocycles. The van der Waals surface area contributed by atoms with E-state index >= 15 is 0 Å². The Morgan fingerprint density at radius 1 is 1.50 bits per heavy atom. The van der Waals surface area contributed by atoms with Gasteiger partial charge in [-0.15, -0.1) is 0 Å². The monoisotopic (exact) mass is 195 g/mol. The van der Waals surface area contributed by atoms with Crippen molar-refractivity contribution in [1.82, 2.24) is 14.9 Å². The fourth-order valence-electron chi connectivity index (χ4n) is 1.48. The fourth-order valence-corrected chi connectivity index (χ4v) is 1.48. The van der Waals surface area contributed by atoms with Gasteiger partial charge in [0, 0.05) is 12.7 Å². The van der Waals surface area contributed by atoms with E-state index in [4.69, 9.17) is 0 Å². The van der Waals surface area contributed by atoms with Crippen molar-refractivity contribution < 1.29 is 0 Å². The topological polar surface area (TPSA) is 29.9 Å². The van der Waals surface area contributed by atoms with Gasteiger partial charge in [-0.25, -0.2) is 4.98 Å². The Morgan fingerprint density at radius 2 is 2.21 bits per heavy atom. The molecule has 0 radical (unpaired) electrons. The Kier molecular flexibility index (Phi) is 3.69. The minimum atomic E-state index is 0.00421. The van der Waals surface area contributed by atoms with Gasteiger partial charge in [0.2, 0.25) is 0 Å². The number of unbranched alkanes of at least 4 members (excludes halogenated alkanes) is 1. The summed E-state index contributed by atoms with van der Waals surface area (Å²) in [5.41, 5.74) is 1.26. The van der Waals surface area contributed by atoms with Crippen molar-refractivity contribution in [3.8, 4) is 0 Å². The summed E-state index contributed by atoms with van der Waals surface area (Å²) in [6.07, 6.45) is 6.30. The summed E-state index contributed by atoms with van der Waals surface area (Å²) >= 11 is 0. The number of rotatable bonds is 5. The van der Waals surface area contributed by atoms with Crippen LogP contribution < -0.4 is 5.32 Å². The van der Waals surface area contributed by atoms with Gasteiger partial charge in [-0.1, -0.05) is 13.3 Å². The number of hydrogen-bond acceptors (Lipinski definition) is 2. The first-order valence-corrected chi connectivity index (χ1v) is 5.31. The Hall–Kier alpha value is -0.830. The molecule has 0 amide bonds. The molecule has 0 saturated heterocycles. The Labute approximate surface area is 86.5 Å². The second-order valence-corrected chi connectivity index (χ2v) is 4.20. The molecule has 1 heterocycles. The minimum Gasteiger partial charge on any atom is -0.333 e. The lowest BCUT2D eigenvalue weighted by Crippen LogP contribution is -2.35. The van der Waals surface area contributed by atoms with Gasteiger partial charge in [0.25, 0.3) is 0 Å². The highest BCUT2D eigenvalue weighted by atomic mass is 15.1. The molecule has 14 heavy (non-hydrogen) atoms. The lowest BCUT2D eigenvalue weighted by Gasteiger charge is -2.25. The molecule has 0 atom stereocenters. The van der Waals surface area contributed by atoms with Gasteiger partial charge in [0.05, 0.1) is 17.6 Å². The van der Waals surface area contributed by atoms with E-state index in [1.165, 1.54) is 18.5 Å². The second kappa shape index (κ2) is 4.60. The van der Waals surface area contributed by atoms with Crippen LogP contribution in [-0.4, -0.2) is 16.6 Å². The van der Waals surface area contributed by atoms with E-state index in [2.05, 4.69) is 35.6 Å². The van der Waals surface area contributed by atoms with Crippen molar-refractivity contribution in [1.29, 1.82) is 0 Å². The first-order valence-electron chi connectivity index (χ1n) is 5.31. The van der Waals surface area contributed by atoms with Crippen LogP contribution in [0.2, 0.25) is 0 Å². The van der Waals surface area contributed by atoms with Crippen molar-refractivity contribution in [2.75, 3.05) is 7.05 Å². The Balaban J connectivity index is 2.81. The molecular weight excluding hydrogens is 174 g/mol. The predicted octanol–water partition coefficient (Wildman–Crippen LogP) is 2.14. The van der Waals surface area contributed by atoms with Crippen LogP contribution in [0.4, 0.5) is 0 Å². The largest absolute Gasteiger partial charge is 0.333 e. The van der Waals surface area contributed by atoms with Gasteiger partial charge in [-0.05, 0) is 27.3 Å². The summed E-state index contributed by atoms with van der Waals surface area (Å²) in [5, 5.41) is 3.30. The maximum absolute atomic E-state index is 4.21. The fraction of sp³-hybridized carbons (Fsp3) is 0.727. The maximum Gasteiger partial charge on any atom is 0.0948 e. The van der Waals surface area contributed by atoms with Crippen molar-refractivity contribution in [2.45, 2.75) is 45.7 Å². The zero-order valence-corrected chi connectivity index (χ0v) is 9.67. The highest BCUT2D eigenvalue weighted by Gasteiger charge is 2.21. The highest BCUT2D eigenvalue weighted by Crippen LogP contribution is 2.19. The third-order valence-electron chi connectivity index (χ3n) is 2.73. The highest BCUT2D eigenvalue weighted by molar-refractivity contribution is 5.10. The Bertz CT molecular complexity index is 276. The number of nitrogens with one attached hydrogen (secondary N) is 1. The molecule has 0 unspecified atom stereocenters. The third kappa shape index (κ3) is 2.35. The molecule has 0 aliphatic heterocycles. The lowest BCUT2D eigenvalue weighted by atomic mass is 10.0. The molecular formula is C11H21N3. The van der Waals surface area contributed by atoms with Crippen molar-refractivity contribution in [2.24, 2.45) is 0 Å². The number of nitrogens with zero attached hydrogens (tertiary/aromatic N) is 2. The van der Waals surface area contributed by atoms with Crippen LogP contribution in [0.25, 0.3) is 0 Å². The Morgan fingerprint density at radius 3 is 2.79 bits per heavy atom. The molecule has 0 spiro atoms. The third-order valence-corrected chi connectivity index (χ3v) is 2.73. The smallest absolute Gasteiger partial charge is 0.0948 e. The quantitative estimate of drug-likeness (QED) is 0.780. The van der Waals surface area contributed by atoms with Gasteiger partial charge in [0.1, 0.15) is 0 Å². The lowest BCUT2D eigenvalue weighted by molar-refractivity contribution is 0.405. The van der Waals surface area contributed by atoms with Gasteiger partial charge >= 0.3 is 0 Å². The van der Waals surface area contributed by atoms with Crippen molar-refractivity contribution in [3.63, 3.8) is 0 Å². The van der Waals surface area contributed by atoms with Gasteiger partial charge in [-0.3, -0.25) is 0 Å². The summed E-state index contributed by atoms with van der Waals surface area (Å²) in [6, 6.07) is 0. The number of aromatic nitrogens is 2. The molecule has 0 bridgehead atoms. The number of aryl methyl sites for hydroxylation is 1. The standard InChI is InChI=1S/C11H21N3/c1-5-6-7-14-9-13-8-10(14)11(2,3)12-4/h8-9,12H,5-7H2,1-4H3. The van der Waals surface area contributed by atoms with Gasteiger partial charge < -0.3 is 9.88 Å². The molecule has 3 heteroatoms. The summed E-state index contributed by atoms with van der Waals surface area (Å²) in [4.78, 5) is 4.21. The zero-order valence-electron chi connectivity index (χ0n) is 9.67. The van der Waals surface area contributed by atoms with Crippen LogP contribution in [0.15, 0.2) is 12.5 Å². The van der Waals surface area contributed by atoms with Crippen molar-refractivity contribution in [3.05, 3.63) is 18.2 Å². The van der Waals surface area contributed by atoms with Crippen LogP contribution >= 0.6 is 0 Å². The van der Waals surface area contributed by atoms with Crippen LogP contribution in [0.5, 0.6) is 0 Å². The summed E-state index contributed by atoms with van der Waals surface area (Å²) < 4.78 is 2.24. The van der Waals surface area contributed by atoms with E-state index in [9.17, 15) is 0 Å². The predicted molar refractivity (Wildman–Crippen MR) is 59.2 cm³/mol. The molecule has 1 aromatic heterocycles. The van der Waals surface area contributed by atoms with Gasteiger partial charge in [0.15, 0.2) is 0 Å². The van der Waals surface area contributed by atoms with Crippen LogP contribution in [0, 0.1) is 0 Å². The van der Waals surface area contributed by atoms with Crippen molar-refractivity contribution >= 4 is 0 Å². The van der Waals surface area contributed by atoms with E-state index in [1.54, 1.807) is 0 Å². The molecule has 1 N–H and O–H groups in total. The average molecular weight is 195 g/mol. The first kappa shape index (κ1) is 11.2. The summed E-state index contributed by atoms with van der Waals surface area (Å²) in [6.45, 7) is 7.62. The maximum atomic E-state index is 4.21. The molecule has 80 valence electrons. The SMILES string of the molecule is CCCCn1cncc1C(C)(C)NC. The zero-order chi connectivity index (χ0) is 10.6. The van der Waals surface area contributed by atoms with Crippen LogP contribution in [0.1, 0.15) is 39.3 Å². The van der Waals surface area contributed by atoms with Crippen LogP contribution in [-0.2, 0) is 12.1 Å². The molecule has 0 aliphatic carbocycles. The molecule has 3 nitrogen and oxygen atoms in total. The number of imidazole rings is 1. The normalized spacial score (nSPS) is 12.0. The van der Waals surface area contributed by atoms with E-state index in [0.717, 1.165) is 6.54 Å². The number of hydrogen-bond donors (Lipinski definition) is 1. The van der Waals surface area contributed by atoms with E-state index in [1.807, 2.05) is 19.6 Å². The second-order valence-electron chi connectivity index (χ2n) is 4.20. The molecule has 1 rings (SSSR count). The average Bonchev–Trinajstić information content (AvgIpc) is 2.63. The summed E-state index contributed by atoms with van der Waals surface area (Å²) in [5.74, 6) is 0. The van der Waals surface area contributed by atoms with Crippen LogP contribution in [0.3, 0.4) is 0 Å². The molecule has 1 aromatic rings. The molecule has 0 saturated carbocycles. The summed E-state index contributed by atoms with van der Waals surface area (Å²) in [7, 11) is 1.98. The van der Waals surface area contributed by atoms with Gasteiger partial charge in [-0.2, -0.15) is 0 Å². The minimum absolute atomic E-state index is 0.00421. The molecule has 0 fully saturated rings. The van der Waals surface area contributed by atoms with E-state index in [-0.39, 0.29) is 5.54 Å². The first-order chi connectivity index (χ1) is 6.61. The van der Waals surface area contributed by atoms with E-state index in [0.29, 0.717) is 0 Å².